The van der Waals surface area contributed by atoms with Crippen molar-refractivity contribution in [3.8, 4) is 6.07 Å². The van der Waals surface area contributed by atoms with E-state index in [4.69, 9.17) is 5.26 Å². The van der Waals surface area contributed by atoms with Gasteiger partial charge in [-0.05, 0) is 29.7 Å². The quantitative estimate of drug-likeness (QED) is 0.746. The Kier molecular flexibility index (Phi) is 2.88. The first-order valence-electron chi connectivity index (χ1n) is 4.72. The minimum absolute atomic E-state index is 0.243. The minimum Gasteiger partial charge on any atom is -0.469 e. The molecule has 0 saturated carbocycles. The summed E-state index contributed by atoms with van der Waals surface area (Å²) in [6.45, 7) is 0. The molecule has 2 aromatic rings. The highest BCUT2D eigenvalue weighted by Crippen LogP contribution is 2.26. The molecule has 0 fully saturated rings. The molecule has 2 rings (SSSR count). The summed E-state index contributed by atoms with van der Waals surface area (Å²) < 4.78 is 5.69. The number of nitriles is 1. The highest BCUT2D eigenvalue weighted by atomic mass is 32.1. The van der Waals surface area contributed by atoms with Gasteiger partial charge in [-0.15, -0.1) is 11.3 Å². The van der Waals surface area contributed by atoms with E-state index in [0.29, 0.717) is 5.56 Å². The van der Waals surface area contributed by atoms with E-state index in [9.17, 15) is 4.79 Å². The van der Waals surface area contributed by atoms with Gasteiger partial charge in [0.1, 0.15) is 0 Å². The van der Waals surface area contributed by atoms with E-state index in [1.165, 1.54) is 7.11 Å². The molecule has 0 bridgehead atoms. The topological polar surface area (TPSA) is 50.1 Å². The summed E-state index contributed by atoms with van der Waals surface area (Å²) in [7, 11) is 1.38. The fourth-order valence-corrected chi connectivity index (χ4v) is 2.50. The van der Waals surface area contributed by atoms with Gasteiger partial charge in [0.2, 0.25) is 0 Å². The Morgan fingerprint density at radius 3 is 3.00 bits per heavy atom. The number of carbonyl (C=O) groups excluding carboxylic acids is 1. The van der Waals surface area contributed by atoms with Gasteiger partial charge in [0, 0.05) is 9.58 Å². The summed E-state index contributed by atoms with van der Waals surface area (Å²) in [6, 6.07) is 9.53. The number of benzene rings is 1. The third-order valence-corrected chi connectivity index (χ3v) is 3.36. The van der Waals surface area contributed by atoms with Crippen LogP contribution in [0.3, 0.4) is 0 Å². The second kappa shape index (κ2) is 4.33. The van der Waals surface area contributed by atoms with Gasteiger partial charge in [-0.2, -0.15) is 5.26 Å². The van der Waals surface area contributed by atoms with E-state index in [-0.39, 0.29) is 12.4 Å². The molecule has 0 atom stereocenters. The highest BCUT2D eigenvalue weighted by Gasteiger charge is 2.07. The average Bonchev–Trinajstić information content (AvgIpc) is 2.69. The van der Waals surface area contributed by atoms with Crippen molar-refractivity contribution in [1.82, 2.24) is 0 Å². The predicted molar refractivity (Wildman–Crippen MR) is 62.3 cm³/mol. The maximum Gasteiger partial charge on any atom is 0.310 e. The first-order chi connectivity index (χ1) is 7.72. The second-order valence-electron chi connectivity index (χ2n) is 3.33. The molecule has 0 radical (unpaired) electrons. The van der Waals surface area contributed by atoms with Crippen molar-refractivity contribution in [3.63, 3.8) is 0 Å². The summed E-state index contributed by atoms with van der Waals surface area (Å²) in [5.74, 6) is -0.243. The number of thiophene rings is 1. The summed E-state index contributed by atoms with van der Waals surface area (Å²) in [5, 5.41) is 9.77. The monoisotopic (exact) mass is 231 g/mol. The third-order valence-electron chi connectivity index (χ3n) is 2.24. The van der Waals surface area contributed by atoms with Crippen molar-refractivity contribution in [3.05, 3.63) is 34.7 Å². The minimum atomic E-state index is -0.243. The Balaban J connectivity index is 2.37. The molecule has 0 aliphatic rings. The molecular weight excluding hydrogens is 222 g/mol. The number of esters is 1. The Morgan fingerprint density at radius 1 is 1.50 bits per heavy atom. The van der Waals surface area contributed by atoms with E-state index in [1.54, 1.807) is 17.4 Å². The number of ether oxygens (including phenoxy) is 1. The number of hydrogen-bond acceptors (Lipinski definition) is 4. The maximum absolute atomic E-state index is 11.1. The molecular formula is C12H9NO2S. The van der Waals surface area contributed by atoms with Crippen molar-refractivity contribution in [1.29, 1.82) is 5.26 Å². The highest BCUT2D eigenvalue weighted by molar-refractivity contribution is 7.19. The van der Waals surface area contributed by atoms with E-state index >= 15 is 0 Å². The molecule has 1 aromatic carbocycles. The van der Waals surface area contributed by atoms with Gasteiger partial charge in [-0.25, -0.2) is 0 Å². The lowest BCUT2D eigenvalue weighted by Crippen LogP contribution is -2.02. The Bertz CT molecular complexity index is 580. The predicted octanol–water partition coefficient (Wildman–Crippen LogP) is 2.49. The fraction of sp³-hybridized carbons (Fsp3) is 0.167. The molecule has 0 unspecified atom stereocenters. The van der Waals surface area contributed by atoms with Crippen LogP contribution in [0.15, 0.2) is 24.3 Å². The number of rotatable bonds is 2. The van der Waals surface area contributed by atoms with Gasteiger partial charge in [0.25, 0.3) is 0 Å². The molecule has 4 heteroatoms. The molecule has 16 heavy (non-hydrogen) atoms. The third kappa shape index (κ3) is 2.05. The molecule has 1 heterocycles. The zero-order valence-corrected chi connectivity index (χ0v) is 9.50. The van der Waals surface area contributed by atoms with E-state index in [1.807, 2.05) is 18.2 Å². The summed E-state index contributed by atoms with van der Waals surface area (Å²) in [4.78, 5) is 12.1. The van der Waals surface area contributed by atoms with Crippen LogP contribution in [0.2, 0.25) is 0 Å². The lowest BCUT2D eigenvalue weighted by molar-refractivity contribution is -0.139. The molecule has 0 aliphatic carbocycles. The second-order valence-corrected chi connectivity index (χ2v) is 4.50. The average molecular weight is 231 g/mol. The number of methoxy groups -OCH3 is 1. The van der Waals surface area contributed by atoms with Gasteiger partial charge in [0.15, 0.2) is 0 Å². The van der Waals surface area contributed by atoms with Gasteiger partial charge < -0.3 is 4.74 Å². The zero-order chi connectivity index (χ0) is 11.5. The molecule has 80 valence electrons. The first-order valence-corrected chi connectivity index (χ1v) is 5.54. The zero-order valence-electron chi connectivity index (χ0n) is 8.69. The molecule has 1 aromatic heterocycles. The molecule has 0 N–H and O–H groups in total. The van der Waals surface area contributed by atoms with Crippen LogP contribution < -0.4 is 0 Å². The largest absolute Gasteiger partial charge is 0.469 e. The van der Waals surface area contributed by atoms with Crippen molar-refractivity contribution in [2.45, 2.75) is 6.42 Å². The number of hydrogen-bond donors (Lipinski definition) is 0. The molecule has 3 nitrogen and oxygen atoms in total. The maximum atomic E-state index is 11.1. The Labute approximate surface area is 96.9 Å². The van der Waals surface area contributed by atoms with Crippen LogP contribution in [0, 0.1) is 11.3 Å². The van der Waals surface area contributed by atoms with Crippen molar-refractivity contribution < 1.29 is 9.53 Å². The van der Waals surface area contributed by atoms with Crippen LogP contribution in [-0.4, -0.2) is 13.1 Å². The first kappa shape index (κ1) is 10.7. The lowest BCUT2D eigenvalue weighted by Gasteiger charge is -1.93. The van der Waals surface area contributed by atoms with Crippen LogP contribution in [0.5, 0.6) is 0 Å². The van der Waals surface area contributed by atoms with Crippen LogP contribution in [0.1, 0.15) is 10.4 Å². The number of carbonyl (C=O) groups is 1. The standard InChI is InChI=1S/C12H9NO2S/c1-15-12(14)6-10-5-9-4-8(7-13)2-3-11(9)16-10/h2-5H,6H2,1H3. The fourth-order valence-electron chi connectivity index (χ4n) is 1.47. The normalized spacial score (nSPS) is 10.0. The van der Waals surface area contributed by atoms with Gasteiger partial charge in [-0.1, -0.05) is 0 Å². The van der Waals surface area contributed by atoms with Gasteiger partial charge in [-0.3, -0.25) is 4.79 Å². The van der Waals surface area contributed by atoms with Gasteiger partial charge >= 0.3 is 5.97 Å². The lowest BCUT2D eigenvalue weighted by atomic mass is 10.2. The Morgan fingerprint density at radius 2 is 2.31 bits per heavy atom. The van der Waals surface area contributed by atoms with Crippen LogP contribution in [0.25, 0.3) is 10.1 Å². The SMILES string of the molecule is COC(=O)Cc1cc2cc(C#N)ccc2s1. The molecule has 0 spiro atoms. The van der Waals surface area contributed by atoms with Crippen molar-refractivity contribution in [2.75, 3.05) is 7.11 Å². The van der Waals surface area contributed by atoms with E-state index in [2.05, 4.69) is 10.8 Å². The van der Waals surface area contributed by atoms with Gasteiger partial charge in [0.05, 0.1) is 25.2 Å². The smallest absolute Gasteiger partial charge is 0.310 e. The number of nitrogens with zero attached hydrogens (tertiary/aromatic N) is 1. The van der Waals surface area contributed by atoms with Crippen molar-refractivity contribution in [2.24, 2.45) is 0 Å². The van der Waals surface area contributed by atoms with E-state index < -0.39 is 0 Å². The summed E-state index contributed by atoms with van der Waals surface area (Å²) >= 11 is 1.55. The van der Waals surface area contributed by atoms with Crippen molar-refractivity contribution >= 4 is 27.4 Å². The molecule has 0 saturated heterocycles. The van der Waals surface area contributed by atoms with Crippen LogP contribution in [-0.2, 0) is 16.0 Å². The molecule has 0 amide bonds. The molecule has 0 aliphatic heterocycles. The van der Waals surface area contributed by atoms with Crippen LogP contribution in [0.4, 0.5) is 0 Å². The Hall–Kier alpha value is -1.86. The summed E-state index contributed by atoms with van der Waals surface area (Å²) in [5.41, 5.74) is 0.634. The summed E-state index contributed by atoms with van der Waals surface area (Å²) in [6.07, 6.45) is 0.289. The number of fused-ring (bicyclic) bond motifs is 1. The van der Waals surface area contributed by atoms with Crippen LogP contribution >= 0.6 is 11.3 Å². The van der Waals surface area contributed by atoms with E-state index in [0.717, 1.165) is 15.0 Å².